The quantitative estimate of drug-likeness (QED) is 0.465. The minimum atomic E-state index is -0.697. The molecule has 1 atom stereocenters. The third kappa shape index (κ3) is 7.65. The van der Waals surface area contributed by atoms with Crippen molar-refractivity contribution in [3.63, 3.8) is 0 Å². The summed E-state index contributed by atoms with van der Waals surface area (Å²) in [4.78, 5) is 28.3. The number of nitrogens with zero attached hydrogens (tertiary/aromatic N) is 1. The van der Waals surface area contributed by atoms with Gasteiger partial charge in [0.05, 0.1) is 0 Å². The molecule has 5 nitrogen and oxygen atoms in total. The summed E-state index contributed by atoms with van der Waals surface area (Å²) in [5.41, 5.74) is 1.85. The van der Waals surface area contributed by atoms with Crippen LogP contribution in [0.25, 0.3) is 0 Å². The number of carbonyl (C=O) groups excluding carboxylic acids is 2. The molecule has 1 N–H and O–H groups in total. The van der Waals surface area contributed by atoms with E-state index in [9.17, 15) is 9.59 Å². The van der Waals surface area contributed by atoms with Gasteiger partial charge in [0.15, 0.2) is 6.61 Å². The highest BCUT2D eigenvalue weighted by molar-refractivity contribution is 6.30. The van der Waals surface area contributed by atoms with E-state index in [0.717, 1.165) is 11.1 Å². The fourth-order valence-corrected chi connectivity index (χ4v) is 3.59. The average molecular weight is 465 g/mol. The van der Waals surface area contributed by atoms with Gasteiger partial charge in [0.2, 0.25) is 5.91 Å². The number of hydrogen-bond donors (Lipinski definition) is 1. The largest absolute Gasteiger partial charge is 0.484 e. The van der Waals surface area contributed by atoms with Crippen LogP contribution in [0.2, 0.25) is 5.02 Å². The summed E-state index contributed by atoms with van der Waals surface area (Å²) in [5.74, 6) is 0.132. The first-order valence-electron chi connectivity index (χ1n) is 11.0. The number of carbonyl (C=O) groups is 2. The summed E-state index contributed by atoms with van der Waals surface area (Å²) in [6.07, 6.45) is 0.393. The standard InChI is InChI=1S/C27H29ClN2O3/c1-20(2)29-27(32)25(17-21-9-5-3-6-10-21)30(18-22-13-15-23(28)16-14-22)26(31)19-33-24-11-7-4-8-12-24/h3-16,20,25H,17-19H2,1-2H3,(H,29,32). The first kappa shape index (κ1) is 24.3. The Balaban J connectivity index is 1.89. The third-order valence-corrected chi connectivity index (χ3v) is 5.33. The summed E-state index contributed by atoms with van der Waals surface area (Å²) >= 11 is 6.04. The highest BCUT2D eigenvalue weighted by atomic mass is 35.5. The summed E-state index contributed by atoms with van der Waals surface area (Å²) in [7, 11) is 0. The monoisotopic (exact) mass is 464 g/mol. The van der Waals surface area contributed by atoms with Crippen LogP contribution < -0.4 is 10.1 Å². The van der Waals surface area contributed by atoms with Crippen LogP contribution in [0.1, 0.15) is 25.0 Å². The molecule has 3 aromatic rings. The predicted molar refractivity (Wildman–Crippen MR) is 131 cm³/mol. The molecule has 3 aromatic carbocycles. The lowest BCUT2D eigenvalue weighted by molar-refractivity contribution is -0.143. The molecular weight excluding hydrogens is 436 g/mol. The summed E-state index contributed by atoms with van der Waals surface area (Å²) in [6, 6.07) is 25.4. The average Bonchev–Trinajstić information content (AvgIpc) is 2.82. The summed E-state index contributed by atoms with van der Waals surface area (Å²) in [6.45, 7) is 3.90. The molecule has 0 heterocycles. The van der Waals surface area contributed by atoms with Gasteiger partial charge >= 0.3 is 0 Å². The van der Waals surface area contributed by atoms with Gasteiger partial charge in [0, 0.05) is 24.0 Å². The van der Waals surface area contributed by atoms with E-state index in [1.807, 2.05) is 74.5 Å². The van der Waals surface area contributed by atoms with Crippen molar-refractivity contribution >= 4 is 23.4 Å². The zero-order valence-corrected chi connectivity index (χ0v) is 19.7. The molecule has 0 aliphatic carbocycles. The highest BCUT2D eigenvalue weighted by Gasteiger charge is 2.31. The van der Waals surface area contributed by atoms with Gasteiger partial charge in [-0.3, -0.25) is 9.59 Å². The minimum absolute atomic E-state index is 0.0520. The SMILES string of the molecule is CC(C)NC(=O)C(Cc1ccccc1)N(Cc1ccc(Cl)cc1)C(=O)COc1ccccc1. The van der Waals surface area contributed by atoms with Crippen LogP contribution in [-0.4, -0.2) is 35.4 Å². The molecule has 33 heavy (non-hydrogen) atoms. The Kier molecular flexibility index (Phi) is 8.90. The van der Waals surface area contributed by atoms with E-state index in [1.54, 1.807) is 29.2 Å². The molecule has 0 fully saturated rings. The Labute approximate surface area is 200 Å². The number of ether oxygens (including phenoxy) is 1. The Bertz CT molecular complexity index is 1020. The first-order chi connectivity index (χ1) is 15.9. The molecule has 0 radical (unpaired) electrons. The molecule has 0 saturated heterocycles. The van der Waals surface area contributed by atoms with Crippen LogP contribution in [-0.2, 0) is 22.6 Å². The smallest absolute Gasteiger partial charge is 0.261 e. The predicted octanol–water partition coefficient (Wildman–Crippen LogP) is 4.88. The molecule has 1 unspecified atom stereocenters. The topological polar surface area (TPSA) is 58.6 Å². The van der Waals surface area contributed by atoms with Crippen molar-refractivity contribution in [2.75, 3.05) is 6.61 Å². The van der Waals surface area contributed by atoms with Crippen LogP contribution in [0, 0.1) is 0 Å². The van der Waals surface area contributed by atoms with E-state index in [1.165, 1.54) is 0 Å². The minimum Gasteiger partial charge on any atom is -0.484 e. The second kappa shape index (κ2) is 12.1. The van der Waals surface area contributed by atoms with Gasteiger partial charge in [-0.1, -0.05) is 72.3 Å². The third-order valence-electron chi connectivity index (χ3n) is 5.07. The van der Waals surface area contributed by atoms with Crippen LogP contribution in [0.4, 0.5) is 0 Å². The van der Waals surface area contributed by atoms with Gasteiger partial charge in [-0.05, 0) is 49.2 Å². The van der Waals surface area contributed by atoms with Crippen LogP contribution in [0.5, 0.6) is 5.75 Å². The maximum Gasteiger partial charge on any atom is 0.261 e. The summed E-state index contributed by atoms with van der Waals surface area (Å²) in [5, 5.41) is 3.59. The van der Waals surface area contributed by atoms with Gasteiger partial charge in [-0.2, -0.15) is 0 Å². The van der Waals surface area contributed by atoms with Crippen molar-refractivity contribution in [3.8, 4) is 5.75 Å². The molecule has 0 bridgehead atoms. The van der Waals surface area contributed by atoms with Crippen molar-refractivity contribution in [1.29, 1.82) is 0 Å². The normalized spacial score (nSPS) is 11.6. The Hall–Kier alpha value is -3.31. The Morgan fingerprint density at radius 1 is 0.879 bits per heavy atom. The maximum absolute atomic E-state index is 13.4. The van der Waals surface area contributed by atoms with Crippen molar-refractivity contribution in [2.24, 2.45) is 0 Å². The number of halogens is 1. The maximum atomic E-state index is 13.4. The van der Waals surface area contributed by atoms with E-state index < -0.39 is 6.04 Å². The zero-order valence-electron chi connectivity index (χ0n) is 18.9. The molecule has 0 spiro atoms. The van der Waals surface area contributed by atoms with Crippen molar-refractivity contribution in [3.05, 3.63) is 101 Å². The molecule has 6 heteroatoms. The lowest BCUT2D eigenvalue weighted by Crippen LogP contribution is -2.52. The number of amides is 2. The number of para-hydroxylation sites is 1. The molecule has 0 saturated carbocycles. The van der Waals surface area contributed by atoms with E-state index in [2.05, 4.69) is 5.32 Å². The molecular formula is C27H29ClN2O3. The van der Waals surface area contributed by atoms with Gasteiger partial charge < -0.3 is 15.0 Å². The number of benzene rings is 3. The van der Waals surface area contributed by atoms with Crippen LogP contribution >= 0.6 is 11.6 Å². The van der Waals surface area contributed by atoms with Crippen LogP contribution in [0.15, 0.2) is 84.9 Å². The second-order valence-corrected chi connectivity index (χ2v) is 8.56. The Morgan fingerprint density at radius 2 is 1.48 bits per heavy atom. The fourth-order valence-electron chi connectivity index (χ4n) is 3.47. The molecule has 0 aromatic heterocycles. The van der Waals surface area contributed by atoms with Gasteiger partial charge in [-0.15, -0.1) is 0 Å². The molecule has 0 aliphatic heterocycles. The molecule has 3 rings (SSSR count). The number of nitrogens with one attached hydrogen (secondary N) is 1. The lowest BCUT2D eigenvalue weighted by Gasteiger charge is -2.32. The Morgan fingerprint density at radius 3 is 2.09 bits per heavy atom. The van der Waals surface area contributed by atoms with E-state index in [0.29, 0.717) is 17.2 Å². The van der Waals surface area contributed by atoms with E-state index >= 15 is 0 Å². The zero-order chi connectivity index (χ0) is 23.6. The summed E-state index contributed by atoms with van der Waals surface area (Å²) < 4.78 is 5.72. The fraction of sp³-hybridized carbons (Fsp3) is 0.259. The number of hydrogen-bond acceptors (Lipinski definition) is 3. The van der Waals surface area contributed by atoms with Crippen molar-refractivity contribution in [1.82, 2.24) is 10.2 Å². The van der Waals surface area contributed by atoms with Gasteiger partial charge in [0.1, 0.15) is 11.8 Å². The number of rotatable bonds is 10. The first-order valence-corrected chi connectivity index (χ1v) is 11.4. The van der Waals surface area contributed by atoms with Crippen molar-refractivity contribution in [2.45, 2.75) is 38.9 Å². The lowest BCUT2D eigenvalue weighted by atomic mass is 10.0. The highest BCUT2D eigenvalue weighted by Crippen LogP contribution is 2.18. The van der Waals surface area contributed by atoms with Crippen LogP contribution in [0.3, 0.4) is 0 Å². The second-order valence-electron chi connectivity index (χ2n) is 8.12. The van der Waals surface area contributed by atoms with E-state index in [-0.39, 0.29) is 31.0 Å². The molecule has 172 valence electrons. The van der Waals surface area contributed by atoms with Crippen molar-refractivity contribution < 1.29 is 14.3 Å². The molecule has 2 amide bonds. The molecule has 0 aliphatic rings. The van der Waals surface area contributed by atoms with Gasteiger partial charge in [-0.25, -0.2) is 0 Å². The van der Waals surface area contributed by atoms with E-state index in [4.69, 9.17) is 16.3 Å². The van der Waals surface area contributed by atoms with Gasteiger partial charge in [0.25, 0.3) is 5.91 Å².